The van der Waals surface area contributed by atoms with Crippen molar-refractivity contribution < 1.29 is 9.18 Å². The maximum atomic E-state index is 14.6. The van der Waals surface area contributed by atoms with Crippen LogP contribution < -0.4 is 10.6 Å². The van der Waals surface area contributed by atoms with Crippen molar-refractivity contribution >= 4 is 47.4 Å². The Bertz CT molecular complexity index is 752. The van der Waals surface area contributed by atoms with Crippen molar-refractivity contribution in [2.75, 3.05) is 39.8 Å². The minimum Gasteiger partial charge on any atom is -0.354 e. The minimum atomic E-state index is -0.275. The predicted octanol–water partition coefficient (Wildman–Crippen LogP) is 3.66. The molecule has 0 saturated carbocycles. The fourth-order valence-corrected chi connectivity index (χ4v) is 4.61. The summed E-state index contributed by atoms with van der Waals surface area (Å²) < 4.78 is 14.6. The van der Waals surface area contributed by atoms with E-state index >= 15 is 0 Å². The van der Waals surface area contributed by atoms with Gasteiger partial charge in [-0.25, -0.2) is 4.39 Å². The Hall–Kier alpha value is -1.13. The van der Waals surface area contributed by atoms with Gasteiger partial charge in [0.1, 0.15) is 5.82 Å². The van der Waals surface area contributed by atoms with Gasteiger partial charge in [-0.1, -0.05) is 31.5 Å². The lowest BCUT2D eigenvalue weighted by molar-refractivity contribution is -0.133. The molecule has 0 aromatic heterocycles. The van der Waals surface area contributed by atoms with Crippen LogP contribution in [0.4, 0.5) is 4.39 Å². The lowest BCUT2D eigenvalue weighted by Gasteiger charge is -2.30. The van der Waals surface area contributed by atoms with Gasteiger partial charge in [0, 0.05) is 49.2 Å². The zero-order chi connectivity index (χ0) is 21.7. The van der Waals surface area contributed by atoms with Gasteiger partial charge in [-0.3, -0.25) is 14.7 Å². The molecule has 0 aliphatic carbocycles. The molecule has 31 heavy (non-hydrogen) atoms. The van der Waals surface area contributed by atoms with Gasteiger partial charge in [0.05, 0.1) is 6.04 Å². The Morgan fingerprint density at radius 2 is 2.00 bits per heavy atom. The predicted molar refractivity (Wildman–Crippen MR) is 135 cm³/mol. The number of nitrogens with zero attached hydrogens (tertiary/aromatic N) is 3. The number of nitrogens with one attached hydrogen (secondary N) is 2. The summed E-state index contributed by atoms with van der Waals surface area (Å²) in [5, 5.41) is 7.23. The van der Waals surface area contributed by atoms with Gasteiger partial charge in [0.2, 0.25) is 5.91 Å². The molecule has 2 saturated heterocycles. The van der Waals surface area contributed by atoms with Crippen LogP contribution in [0.3, 0.4) is 0 Å². The van der Waals surface area contributed by atoms with Gasteiger partial charge >= 0.3 is 0 Å². The number of benzene rings is 1. The maximum absolute atomic E-state index is 14.6. The molecular formula is C22H34ClFIN5O. The maximum Gasteiger partial charge on any atom is 0.225 e. The van der Waals surface area contributed by atoms with E-state index in [9.17, 15) is 9.18 Å². The van der Waals surface area contributed by atoms with Crippen molar-refractivity contribution in [2.45, 2.75) is 45.2 Å². The topological polar surface area (TPSA) is 60.0 Å². The molecule has 2 aliphatic rings. The highest BCUT2D eigenvalue weighted by Gasteiger charge is 2.30. The molecule has 0 radical (unpaired) electrons. The third-order valence-electron chi connectivity index (χ3n) is 5.94. The van der Waals surface area contributed by atoms with Crippen LogP contribution in [-0.4, -0.2) is 67.5 Å². The average Bonchev–Trinajstić information content (AvgIpc) is 3.40. The second-order valence-electron chi connectivity index (χ2n) is 8.42. The number of hydrogen-bond acceptors (Lipinski definition) is 3. The Balaban J connectivity index is 0.00000341. The molecule has 0 spiro atoms. The number of carbonyl (C=O) groups excluding carboxylic acids is 1. The van der Waals surface area contributed by atoms with Gasteiger partial charge in [-0.05, 0) is 44.5 Å². The van der Waals surface area contributed by atoms with E-state index < -0.39 is 0 Å². The van der Waals surface area contributed by atoms with Crippen LogP contribution in [-0.2, 0) is 4.79 Å². The molecule has 1 aromatic rings. The molecule has 6 nitrogen and oxygen atoms in total. The fraction of sp³-hybridized carbons (Fsp3) is 0.636. The fourth-order valence-electron chi connectivity index (χ4n) is 4.32. The Labute approximate surface area is 207 Å². The lowest BCUT2D eigenvalue weighted by atomic mass is 10.0. The number of halogens is 3. The SMILES string of the molecule is CN=C(NCC(c1c(F)cccc1Cl)N1CCCC1)NC1CCN(C(=O)C(C)C)C1.I. The minimum absolute atomic E-state index is 0. The van der Waals surface area contributed by atoms with Gasteiger partial charge in [-0.2, -0.15) is 0 Å². The molecule has 0 bridgehead atoms. The first-order valence-corrected chi connectivity index (χ1v) is 11.2. The van der Waals surface area contributed by atoms with Crippen molar-refractivity contribution in [2.24, 2.45) is 10.9 Å². The number of amides is 1. The molecule has 1 amide bonds. The number of carbonyl (C=O) groups is 1. The van der Waals surface area contributed by atoms with Crippen LogP contribution in [0.2, 0.25) is 5.02 Å². The summed E-state index contributed by atoms with van der Waals surface area (Å²) >= 11 is 6.38. The van der Waals surface area contributed by atoms with E-state index in [2.05, 4.69) is 20.5 Å². The van der Waals surface area contributed by atoms with E-state index in [0.717, 1.165) is 38.9 Å². The first-order valence-electron chi connectivity index (χ1n) is 10.8. The van der Waals surface area contributed by atoms with Gasteiger partial charge in [0.15, 0.2) is 5.96 Å². The summed E-state index contributed by atoms with van der Waals surface area (Å²) in [4.78, 5) is 20.8. The molecule has 9 heteroatoms. The summed E-state index contributed by atoms with van der Waals surface area (Å²) in [7, 11) is 1.72. The van der Waals surface area contributed by atoms with Crippen LogP contribution >= 0.6 is 35.6 Å². The zero-order valence-electron chi connectivity index (χ0n) is 18.5. The third-order valence-corrected chi connectivity index (χ3v) is 6.27. The van der Waals surface area contributed by atoms with E-state index in [-0.39, 0.29) is 53.7 Å². The van der Waals surface area contributed by atoms with Crippen molar-refractivity contribution in [1.82, 2.24) is 20.4 Å². The molecule has 2 fully saturated rings. The second-order valence-corrected chi connectivity index (χ2v) is 8.82. The average molecular weight is 566 g/mol. The van der Waals surface area contributed by atoms with Crippen LogP contribution in [0.5, 0.6) is 0 Å². The number of likely N-dealkylation sites (tertiary alicyclic amines) is 2. The summed E-state index contributed by atoms with van der Waals surface area (Å²) in [6.07, 6.45) is 3.10. The quantitative estimate of drug-likeness (QED) is 0.314. The summed E-state index contributed by atoms with van der Waals surface area (Å²) in [6, 6.07) is 4.84. The van der Waals surface area contributed by atoms with E-state index in [4.69, 9.17) is 11.6 Å². The van der Waals surface area contributed by atoms with Crippen LogP contribution in [0.15, 0.2) is 23.2 Å². The summed E-state index contributed by atoms with van der Waals surface area (Å²) in [5.41, 5.74) is 0.540. The Morgan fingerprint density at radius 3 is 2.61 bits per heavy atom. The largest absolute Gasteiger partial charge is 0.354 e. The standard InChI is InChI=1S/C22H33ClFN5O.HI/c1-15(2)21(30)29-12-9-16(14-29)27-22(25-3)26-13-19(28-10-4-5-11-28)20-17(23)7-6-8-18(20)24;/h6-8,15-16,19H,4-5,9-14H2,1-3H3,(H2,25,26,27);1H. The van der Waals surface area contributed by atoms with E-state index in [1.54, 1.807) is 19.2 Å². The van der Waals surface area contributed by atoms with Crippen molar-refractivity contribution in [3.8, 4) is 0 Å². The Kier molecular flexibility index (Phi) is 10.3. The van der Waals surface area contributed by atoms with Gasteiger partial charge in [-0.15, -0.1) is 24.0 Å². The first-order chi connectivity index (χ1) is 14.4. The van der Waals surface area contributed by atoms with Crippen molar-refractivity contribution in [1.29, 1.82) is 0 Å². The normalized spacial score (nSPS) is 20.6. The molecule has 174 valence electrons. The first kappa shape index (κ1) is 26.1. The zero-order valence-corrected chi connectivity index (χ0v) is 21.6. The highest BCUT2D eigenvalue weighted by Crippen LogP contribution is 2.32. The summed E-state index contributed by atoms with van der Waals surface area (Å²) in [5.74, 6) is 0.580. The van der Waals surface area contributed by atoms with Gasteiger partial charge in [0.25, 0.3) is 0 Å². The molecule has 2 atom stereocenters. The molecule has 1 aromatic carbocycles. The van der Waals surface area contributed by atoms with Crippen LogP contribution in [0.1, 0.15) is 44.7 Å². The molecule has 3 rings (SSSR count). The van der Waals surface area contributed by atoms with Gasteiger partial charge < -0.3 is 15.5 Å². The van der Waals surface area contributed by atoms with Crippen LogP contribution in [0.25, 0.3) is 0 Å². The highest BCUT2D eigenvalue weighted by atomic mass is 127. The van der Waals surface area contributed by atoms with E-state index in [1.807, 2.05) is 18.7 Å². The van der Waals surface area contributed by atoms with Crippen molar-refractivity contribution in [3.05, 3.63) is 34.6 Å². The molecule has 2 unspecified atom stereocenters. The number of guanidine groups is 1. The highest BCUT2D eigenvalue weighted by molar-refractivity contribution is 14.0. The van der Waals surface area contributed by atoms with Crippen molar-refractivity contribution in [3.63, 3.8) is 0 Å². The Morgan fingerprint density at radius 1 is 1.29 bits per heavy atom. The second kappa shape index (κ2) is 12.2. The third kappa shape index (κ3) is 6.68. The van der Waals surface area contributed by atoms with E-state index in [1.165, 1.54) is 6.07 Å². The smallest absolute Gasteiger partial charge is 0.225 e. The molecule has 2 heterocycles. The molecular weight excluding hydrogens is 532 g/mol. The van der Waals surface area contributed by atoms with Crippen LogP contribution in [0, 0.1) is 11.7 Å². The monoisotopic (exact) mass is 565 g/mol. The number of hydrogen-bond donors (Lipinski definition) is 2. The number of aliphatic imine (C=N–C) groups is 1. The molecule has 2 N–H and O–H groups in total. The number of rotatable bonds is 6. The lowest BCUT2D eigenvalue weighted by Crippen LogP contribution is -2.47. The summed E-state index contributed by atoms with van der Waals surface area (Å²) in [6.45, 7) is 7.64. The van der Waals surface area contributed by atoms with E-state index in [0.29, 0.717) is 29.6 Å². The molecule has 2 aliphatic heterocycles.